The number of amides is 2. The first-order valence-corrected chi connectivity index (χ1v) is 5.62. The molecule has 0 unspecified atom stereocenters. The average molecular weight is 252 g/mol. The molecule has 98 valence electrons. The fraction of sp³-hybridized carbons (Fsp3) is 0.455. The van der Waals surface area contributed by atoms with Gasteiger partial charge in [0.15, 0.2) is 0 Å². The molecule has 2 amide bonds. The maximum absolute atomic E-state index is 11.5. The van der Waals surface area contributed by atoms with Crippen LogP contribution in [0, 0.1) is 0 Å². The fourth-order valence-electron chi connectivity index (χ4n) is 1.25. The second-order valence-electron chi connectivity index (χ2n) is 4.03. The topological polar surface area (TPSA) is 104 Å². The lowest BCUT2D eigenvalue weighted by atomic mass is 10.3. The first kappa shape index (κ1) is 13.9. The highest BCUT2D eigenvalue weighted by Gasteiger charge is 2.08. The molecule has 0 saturated heterocycles. The third kappa shape index (κ3) is 4.77. The van der Waals surface area contributed by atoms with E-state index >= 15 is 0 Å². The first-order chi connectivity index (χ1) is 8.49. The van der Waals surface area contributed by atoms with Gasteiger partial charge < -0.3 is 10.6 Å². The van der Waals surface area contributed by atoms with Gasteiger partial charge in [0, 0.05) is 25.1 Å². The standard InChI is InChI=1S/C11H16N4O3/c1-7(2)13-9(16)5-6-12-11(18)8-3-4-10(17)15-14-8/h3-4,7H,5-6H2,1-2H3,(H,12,18)(H,13,16)(H,15,17). The van der Waals surface area contributed by atoms with Crippen LogP contribution in [0.4, 0.5) is 0 Å². The van der Waals surface area contributed by atoms with Crippen molar-refractivity contribution >= 4 is 11.8 Å². The van der Waals surface area contributed by atoms with Crippen LogP contribution in [0.1, 0.15) is 30.8 Å². The molecule has 3 N–H and O–H groups in total. The van der Waals surface area contributed by atoms with Crippen molar-refractivity contribution in [2.24, 2.45) is 0 Å². The summed E-state index contributed by atoms with van der Waals surface area (Å²) >= 11 is 0. The van der Waals surface area contributed by atoms with E-state index in [2.05, 4.69) is 20.8 Å². The number of carbonyl (C=O) groups is 2. The maximum Gasteiger partial charge on any atom is 0.271 e. The number of hydrogen-bond donors (Lipinski definition) is 3. The molecule has 0 spiro atoms. The molecular weight excluding hydrogens is 236 g/mol. The van der Waals surface area contributed by atoms with Gasteiger partial charge >= 0.3 is 0 Å². The number of nitrogens with zero attached hydrogens (tertiary/aromatic N) is 1. The van der Waals surface area contributed by atoms with Crippen molar-refractivity contribution in [2.75, 3.05) is 6.54 Å². The molecule has 0 aliphatic carbocycles. The predicted octanol–water partition coefficient (Wildman–Crippen LogP) is -0.586. The second-order valence-corrected chi connectivity index (χ2v) is 4.03. The SMILES string of the molecule is CC(C)NC(=O)CCNC(=O)c1ccc(=O)[nH]n1. The van der Waals surface area contributed by atoms with Gasteiger partial charge in [-0.1, -0.05) is 0 Å². The smallest absolute Gasteiger partial charge is 0.271 e. The molecular formula is C11H16N4O3. The summed E-state index contributed by atoms with van der Waals surface area (Å²) in [6.45, 7) is 3.94. The van der Waals surface area contributed by atoms with Crippen molar-refractivity contribution in [1.29, 1.82) is 0 Å². The van der Waals surface area contributed by atoms with Crippen LogP contribution < -0.4 is 16.2 Å². The van der Waals surface area contributed by atoms with Crippen molar-refractivity contribution in [1.82, 2.24) is 20.8 Å². The van der Waals surface area contributed by atoms with E-state index in [0.29, 0.717) is 0 Å². The van der Waals surface area contributed by atoms with E-state index in [0.717, 1.165) is 0 Å². The van der Waals surface area contributed by atoms with Crippen molar-refractivity contribution in [3.8, 4) is 0 Å². The number of rotatable bonds is 5. The average Bonchev–Trinajstić information content (AvgIpc) is 2.28. The van der Waals surface area contributed by atoms with E-state index < -0.39 is 5.91 Å². The molecule has 0 radical (unpaired) electrons. The molecule has 0 bridgehead atoms. The van der Waals surface area contributed by atoms with Gasteiger partial charge in [-0.05, 0) is 19.9 Å². The lowest BCUT2D eigenvalue weighted by molar-refractivity contribution is -0.121. The Bertz CT molecular complexity index is 461. The molecule has 0 saturated carbocycles. The van der Waals surface area contributed by atoms with Crippen LogP contribution in [0.25, 0.3) is 0 Å². The summed E-state index contributed by atoms with van der Waals surface area (Å²) in [7, 11) is 0. The normalized spacial score (nSPS) is 10.2. The zero-order valence-electron chi connectivity index (χ0n) is 10.3. The van der Waals surface area contributed by atoms with Crippen LogP contribution in [-0.4, -0.2) is 34.6 Å². The van der Waals surface area contributed by atoms with Gasteiger partial charge in [-0.15, -0.1) is 0 Å². The van der Waals surface area contributed by atoms with Crippen LogP contribution >= 0.6 is 0 Å². The Kier molecular flexibility index (Phi) is 5.04. The predicted molar refractivity (Wildman–Crippen MR) is 65.1 cm³/mol. The number of aromatic amines is 1. The van der Waals surface area contributed by atoms with Crippen LogP contribution in [0.3, 0.4) is 0 Å². The zero-order chi connectivity index (χ0) is 13.5. The number of aromatic nitrogens is 2. The Morgan fingerprint density at radius 3 is 2.67 bits per heavy atom. The molecule has 7 nitrogen and oxygen atoms in total. The second kappa shape index (κ2) is 6.53. The number of carbonyl (C=O) groups excluding carboxylic acids is 2. The van der Waals surface area contributed by atoms with E-state index in [1.54, 1.807) is 0 Å². The van der Waals surface area contributed by atoms with Gasteiger partial charge in [0.25, 0.3) is 11.5 Å². The largest absolute Gasteiger partial charge is 0.354 e. The lowest BCUT2D eigenvalue weighted by Gasteiger charge is -2.08. The minimum atomic E-state index is -0.427. The molecule has 1 rings (SSSR count). The third-order valence-corrected chi connectivity index (χ3v) is 2.00. The van der Waals surface area contributed by atoms with Gasteiger partial charge in [0.1, 0.15) is 5.69 Å². The summed E-state index contributed by atoms with van der Waals surface area (Å²) < 4.78 is 0. The molecule has 0 fully saturated rings. The summed E-state index contributed by atoms with van der Waals surface area (Å²) in [5.41, 5.74) is -0.262. The fourth-order valence-corrected chi connectivity index (χ4v) is 1.25. The monoisotopic (exact) mass is 252 g/mol. The van der Waals surface area contributed by atoms with Crippen LogP contribution in [0.2, 0.25) is 0 Å². The molecule has 7 heteroatoms. The number of nitrogens with one attached hydrogen (secondary N) is 3. The molecule has 1 heterocycles. The molecule has 0 aliphatic rings. The molecule has 0 aromatic carbocycles. The van der Waals surface area contributed by atoms with Gasteiger partial charge in [-0.3, -0.25) is 14.4 Å². The Balaban J connectivity index is 2.36. The summed E-state index contributed by atoms with van der Waals surface area (Å²) in [5, 5.41) is 11.0. The molecule has 0 atom stereocenters. The molecule has 1 aromatic rings. The van der Waals surface area contributed by atoms with Crippen molar-refractivity contribution in [2.45, 2.75) is 26.3 Å². The van der Waals surface area contributed by atoms with Gasteiger partial charge in [0.2, 0.25) is 5.91 Å². The van der Waals surface area contributed by atoms with Crippen molar-refractivity contribution < 1.29 is 9.59 Å². The summed E-state index contributed by atoms with van der Waals surface area (Å²) in [4.78, 5) is 33.6. The lowest BCUT2D eigenvalue weighted by Crippen LogP contribution is -2.34. The quantitative estimate of drug-likeness (QED) is 0.651. The highest BCUT2D eigenvalue weighted by molar-refractivity contribution is 5.92. The Morgan fingerprint density at radius 2 is 2.11 bits per heavy atom. The molecule has 18 heavy (non-hydrogen) atoms. The maximum atomic E-state index is 11.5. The Labute approximate surface area is 104 Å². The number of hydrogen-bond acceptors (Lipinski definition) is 4. The Morgan fingerprint density at radius 1 is 1.39 bits per heavy atom. The van der Waals surface area contributed by atoms with Crippen LogP contribution in [0.15, 0.2) is 16.9 Å². The van der Waals surface area contributed by atoms with Gasteiger partial charge in [-0.2, -0.15) is 5.10 Å². The van der Waals surface area contributed by atoms with E-state index in [9.17, 15) is 14.4 Å². The number of H-pyrrole nitrogens is 1. The third-order valence-electron chi connectivity index (χ3n) is 2.00. The van der Waals surface area contributed by atoms with Crippen LogP contribution in [0.5, 0.6) is 0 Å². The molecule has 1 aromatic heterocycles. The highest BCUT2D eigenvalue weighted by atomic mass is 16.2. The summed E-state index contributed by atoms with van der Waals surface area (Å²) in [6, 6.07) is 2.62. The van der Waals surface area contributed by atoms with E-state index in [1.165, 1.54) is 12.1 Å². The molecule has 0 aliphatic heterocycles. The van der Waals surface area contributed by atoms with E-state index in [-0.39, 0.29) is 36.2 Å². The van der Waals surface area contributed by atoms with E-state index in [1.807, 2.05) is 13.8 Å². The van der Waals surface area contributed by atoms with Crippen molar-refractivity contribution in [3.05, 3.63) is 28.2 Å². The van der Waals surface area contributed by atoms with Gasteiger partial charge in [0.05, 0.1) is 0 Å². The first-order valence-electron chi connectivity index (χ1n) is 5.62. The summed E-state index contributed by atoms with van der Waals surface area (Å²) in [6.07, 6.45) is 0.202. The minimum absolute atomic E-state index is 0.0778. The Hall–Kier alpha value is -2.18. The van der Waals surface area contributed by atoms with E-state index in [4.69, 9.17) is 0 Å². The summed E-state index contributed by atoms with van der Waals surface area (Å²) in [5.74, 6) is -0.552. The highest BCUT2D eigenvalue weighted by Crippen LogP contribution is 1.89. The van der Waals surface area contributed by atoms with Gasteiger partial charge in [-0.25, -0.2) is 5.10 Å². The minimum Gasteiger partial charge on any atom is -0.354 e. The zero-order valence-corrected chi connectivity index (χ0v) is 10.3. The van der Waals surface area contributed by atoms with Crippen LogP contribution in [-0.2, 0) is 4.79 Å². The van der Waals surface area contributed by atoms with Crippen molar-refractivity contribution in [3.63, 3.8) is 0 Å².